The van der Waals surface area contributed by atoms with E-state index in [4.69, 9.17) is 4.74 Å². The minimum absolute atomic E-state index is 0.00286. The molecule has 1 saturated heterocycles. The number of anilines is 2. The van der Waals surface area contributed by atoms with Crippen LogP contribution in [-0.2, 0) is 14.3 Å². The van der Waals surface area contributed by atoms with E-state index in [1.165, 1.54) is 6.07 Å². The number of esters is 1. The fourth-order valence-corrected chi connectivity index (χ4v) is 3.42. The van der Waals surface area contributed by atoms with Gasteiger partial charge in [-0.1, -0.05) is 12.1 Å². The molecular formula is C20H19FN4O7. The van der Waals surface area contributed by atoms with Crippen molar-refractivity contribution < 1.29 is 28.6 Å². The van der Waals surface area contributed by atoms with E-state index in [0.717, 1.165) is 18.2 Å². The molecule has 2 aromatic carbocycles. The van der Waals surface area contributed by atoms with E-state index < -0.39 is 45.8 Å². The molecule has 0 saturated carbocycles. The summed E-state index contributed by atoms with van der Waals surface area (Å²) in [7, 11) is 0. The van der Waals surface area contributed by atoms with E-state index in [9.17, 15) is 34.2 Å². The number of rotatable bonds is 7. The standard InChI is InChI=1S/C20H19FN4O7/c21-15-6-5-14(11-18(15)25(30)31)22-19(26)12-32-20(27)13-7-9-23(10-8-13)16-3-1-2-4-17(16)24(28)29/h1-6,11,13H,7-10,12H2,(H,22,26). The molecule has 0 radical (unpaired) electrons. The number of hydrogen-bond acceptors (Lipinski definition) is 8. The van der Waals surface area contributed by atoms with Crippen LogP contribution in [0.4, 0.5) is 27.1 Å². The number of piperidine rings is 1. The highest BCUT2D eigenvalue weighted by Gasteiger charge is 2.29. The maximum Gasteiger partial charge on any atom is 0.309 e. The summed E-state index contributed by atoms with van der Waals surface area (Å²) in [6.45, 7) is 0.223. The molecule has 168 valence electrons. The van der Waals surface area contributed by atoms with Crippen molar-refractivity contribution in [3.63, 3.8) is 0 Å². The van der Waals surface area contributed by atoms with Gasteiger partial charge in [0.15, 0.2) is 6.61 Å². The summed E-state index contributed by atoms with van der Waals surface area (Å²) >= 11 is 0. The lowest BCUT2D eigenvalue weighted by Gasteiger charge is -2.32. The molecule has 1 N–H and O–H groups in total. The van der Waals surface area contributed by atoms with Crippen LogP contribution in [0.1, 0.15) is 12.8 Å². The maximum atomic E-state index is 13.4. The van der Waals surface area contributed by atoms with E-state index in [0.29, 0.717) is 31.6 Å². The van der Waals surface area contributed by atoms with Gasteiger partial charge in [-0.3, -0.25) is 29.8 Å². The molecule has 3 rings (SSSR count). The molecule has 2 aromatic rings. The predicted octanol–water partition coefficient (Wildman–Crippen LogP) is 3.04. The van der Waals surface area contributed by atoms with Gasteiger partial charge in [0.1, 0.15) is 5.69 Å². The molecule has 1 heterocycles. The highest BCUT2D eigenvalue weighted by molar-refractivity contribution is 5.93. The third kappa shape index (κ3) is 5.33. The summed E-state index contributed by atoms with van der Waals surface area (Å²) in [5.74, 6) is -2.80. The fourth-order valence-electron chi connectivity index (χ4n) is 3.42. The molecule has 0 atom stereocenters. The molecule has 1 amide bonds. The topological polar surface area (TPSA) is 145 Å². The van der Waals surface area contributed by atoms with Gasteiger partial charge in [0.05, 0.1) is 15.8 Å². The van der Waals surface area contributed by atoms with Gasteiger partial charge in [-0.2, -0.15) is 4.39 Å². The molecule has 1 aliphatic rings. The highest BCUT2D eigenvalue weighted by Crippen LogP contribution is 2.31. The first-order chi connectivity index (χ1) is 15.3. The summed E-state index contributed by atoms with van der Waals surface area (Å²) in [6, 6.07) is 9.24. The Kier molecular flexibility index (Phi) is 6.93. The average molecular weight is 446 g/mol. The van der Waals surface area contributed by atoms with Crippen molar-refractivity contribution in [1.82, 2.24) is 0 Å². The van der Waals surface area contributed by atoms with Crippen LogP contribution in [0.3, 0.4) is 0 Å². The fraction of sp³-hybridized carbons (Fsp3) is 0.300. The Balaban J connectivity index is 1.49. The van der Waals surface area contributed by atoms with Crippen LogP contribution in [0.25, 0.3) is 0 Å². The summed E-state index contributed by atoms with van der Waals surface area (Å²) in [6.07, 6.45) is 0.799. The number of amides is 1. The van der Waals surface area contributed by atoms with Crippen LogP contribution in [0.5, 0.6) is 0 Å². The number of carbonyl (C=O) groups is 2. The highest BCUT2D eigenvalue weighted by atomic mass is 19.1. The molecule has 1 aliphatic heterocycles. The molecule has 32 heavy (non-hydrogen) atoms. The first-order valence-electron chi connectivity index (χ1n) is 9.65. The molecule has 0 bridgehead atoms. The Hall–Kier alpha value is -4.09. The zero-order chi connectivity index (χ0) is 23.3. The first-order valence-corrected chi connectivity index (χ1v) is 9.65. The van der Waals surface area contributed by atoms with Crippen molar-refractivity contribution in [2.75, 3.05) is 29.9 Å². The zero-order valence-corrected chi connectivity index (χ0v) is 16.7. The van der Waals surface area contributed by atoms with Crippen molar-refractivity contribution in [2.45, 2.75) is 12.8 Å². The maximum absolute atomic E-state index is 13.4. The summed E-state index contributed by atoms with van der Waals surface area (Å²) < 4.78 is 18.4. The van der Waals surface area contributed by atoms with Crippen LogP contribution < -0.4 is 10.2 Å². The monoisotopic (exact) mass is 446 g/mol. The summed E-state index contributed by atoms with van der Waals surface area (Å²) in [5.41, 5.74) is -0.314. The third-order valence-electron chi connectivity index (χ3n) is 5.02. The van der Waals surface area contributed by atoms with Gasteiger partial charge in [-0.25, -0.2) is 0 Å². The number of para-hydroxylation sites is 2. The van der Waals surface area contributed by atoms with Crippen molar-refractivity contribution in [3.05, 3.63) is 68.5 Å². The van der Waals surface area contributed by atoms with Crippen molar-refractivity contribution >= 4 is 34.6 Å². The van der Waals surface area contributed by atoms with Gasteiger partial charge in [0.2, 0.25) is 5.82 Å². The van der Waals surface area contributed by atoms with E-state index >= 15 is 0 Å². The summed E-state index contributed by atoms with van der Waals surface area (Å²) in [4.78, 5) is 46.7. The van der Waals surface area contributed by atoms with Gasteiger partial charge < -0.3 is 15.0 Å². The number of ether oxygens (including phenoxy) is 1. The number of halogens is 1. The van der Waals surface area contributed by atoms with E-state index in [1.54, 1.807) is 18.2 Å². The van der Waals surface area contributed by atoms with Crippen LogP contribution in [-0.4, -0.2) is 41.4 Å². The SMILES string of the molecule is O=C(COC(=O)C1CCN(c2ccccc2[N+](=O)[O-])CC1)Nc1ccc(F)c([N+](=O)[O-])c1. The van der Waals surface area contributed by atoms with Gasteiger partial charge in [0.25, 0.3) is 11.6 Å². The normalized spacial score (nSPS) is 14.0. The average Bonchev–Trinajstić information content (AvgIpc) is 2.78. The number of nitro benzene ring substituents is 2. The lowest BCUT2D eigenvalue weighted by atomic mass is 9.96. The van der Waals surface area contributed by atoms with Crippen LogP contribution >= 0.6 is 0 Å². The molecule has 0 aliphatic carbocycles. The van der Waals surface area contributed by atoms with Crippen LogP contribution in [0, 0.1) is 32.0 Å². The Morgan fingerprint density at radius 3 is 2.38 bits per heavy atom. The molecule has 11 nitrogen and oxygen atoms in total. The Bertz CT molecular complexity index is 1050. The van der Waals surface area contributed by atoms with Gasteiger partial charge in [0, 0.05) is 30.9 Å². The molecule has 0 unspecified atom stereocenters. The smallest absolute Gasteiger partial charge is 0.309 e. The van der Waals surface area contributed by atoms with Crippen molar-refractivity contribution in [1.29, 1.82) is 0 Å². The quantitative estimate of drug-likeness (QED) is 0.388. The Morgan fingerprint density at radius 1 is 1.06 bits per heavy atom. The second kappa shape index (κ2) is 9.81. The Morgan fingerprint density at radius 2 is 1.72 bits per heavy atom. The Labute approximate surface area is 181 Å². The van der Waals surface area contributed by atoms with Crippen molar-refractivity contribution in [2.24, 2.45) is 5.92 Å². The van der Waals surface area contributed by atoms with Crippen LogP contribution in [0.2, 0.25) is 0 Å². The molecule has 12 heteroatoms. The lowest BCUT2D eigenvalue weighted by Crippen LogP contribution is -2.37. The largest absolute Gasteiger partial charge is 0.455 e. The van der Waals surface area contributed by atoms with Crippen LogP contribution in [0.15, 0.2) is 42.5 Å². The minimum Gasteiger partial charge on any atom is -0.455 e. The number of nitrogens with one attached hydrogen (secondary N) is 1. The van der Waals surface area contributed by atoms with Gasteiger partial charge in [-0.15, -0.1) is 0 Å². The zero-order valence-electron chi connectivity index (χ0n) is 16.7. The molecule has 0 aromatic heterocycles. The van der Waals surface area contributed by atoms with E-state index in [-0.39, 0.29) is 11.4 Å². The number of hydrogen-bond donors (Lipinski definition) is 1. The molecular weight excluding hydrogens is 427 g/mol. The molecule has 0 spiro atoms. The predicted molar refractivity (Wildman–Crippen MR) is 111 cm³/mol. The van der Waals surface area contributed by atoms with E-state index in [1.807, 2.05) is 4.90 Å². The number of carbonyl (C=O) groups excluding carboxylic acids is 2. The second-order valence-electron chi connectivity index (χ2n) is 7.09. The molecule has 1 fully saturated rings. The van der Waals surface area contributed by atoms with Gasteiger partial charge >= 0.3 is 11.7 Å². The number of nitro groups is 2. The lowest BCUT2D eigenvalue weighted by molar-refractivity contribution is -0.387. The first kappa shape index (κ1) is 22.6. The second-order valence-corrected chi connectivity index (χ2v) is 7.09. The summed E-state index contributed by atoms with van der Waals surface area (Å²) in [5, 5.41) is 24.3. The number of benzene rings is 2. The number of nitrogens with zero attached hydrogens (tertiary/aromatic N) is 3. The minimum atomic E-state index is -1.04. The van der Waals surface area contributed by atoms with Crippen molar-refractivity contribution in [3.8, 4) is 0 Å². The van der Waals surface area contributed by atoms with Gasteiger partial charge in [-0.05, 0) is 31.0 Å². The van der Waals surface area contributed by atoms with E-state index in [2.05, 4.69) is 5.32 Å². The third-order valence-corrected chi connectivity index (χ3v) is 5.02.